The van der Waals surface area contributed by atoms with Crippen LogP contribution in [-0.4, -0.2) is 5.91 Å². The lowest BCUT2D eigenvalue weighted by Gasteiger charge is -2.16. The Hall–Kier alpha value is -1.84. The van der Waals surface area contributed by atoms with Crippen molar-refractivity contribution in [2.24, 2.45) is 0 Å². The Balaban J connectivity index is 1.76. The van der Waals surface area contributed by atoms with Gasteiger partial charge < -0.3 is 10.6 Å². The number of carbonyl (C=O) groups excluding carboxylic acids is 1. The molecule has 0 saturated heterocycles. The molecule has 2 aromatic carbocycles. The second-order valence-electron chi connectivity index (χ2n) is 5.30. The van der Waals surface area contributed by atoms with Crippen LogP contribution >= 0.6 is 11.6 Å². The van der Waals surface area contributed by atoms with Gasteiger partial charge in [0, 0.05) is 23.7 Å². The van der Waals surface area contributed by atoms with Gasteiger partial charge in [-0.15, -0.1) is 0 Å². The molecule has 0 fully saturated rings. The van der Waals surface area contributed by atoms with Gasteiger partial charge in [0.1, 0.15) is 0 Å². The van der Waals surface area contributed by atoms with E-state index in [9.17, 15) is 4.79 Å². The molecule has 1 aliphatic rings. The summed E-state index contributed by atoms with van der Waals surface area (Å²) in [4.78, 5) is 12.4. The SMILES string of the molecule is CC(NC(=O)c1ccc2c(c1)CNC2)c1ccccc1Cl. The number of rotatable bonds is 3. The van der Waals surface area contributed by atoms with Crippen molar-refractivity contribution in [1.82, 2.24) is 10.6 Å². The third-order valence-electron chi connectivity index (χ3n) is 3.82. The van der Waals surface area contributed by atoms with Crippen molar-refractivity contribution in [1.29, 1.82) is 0 Å². The van der Waals surface area contributed by atoms with E-state index in [2.05, 4.69) is 10.6 Å². The lowest BCUT2D eigenvalue weighted by Crippen LogP contribution is -2.26. The number of amides is 1. The Morgan fingerprint density at radius 1 is 1.19 bits per heavy atom. The van der Waals surface area contributed by atoms with Gasteiger partial charge in [0.2, 0.25) is 0 Å². The lowest BCUT2D eigenvalue weighted by atomic mass is 10.0. The molecule has 108 valence electrons. The molecule has 21 heavy (non-hydrogen) atoms. The maximum absolute atomic E-state index is 12.4. The minimum Gasteiger partial charge on any atom is -0.345 e. The van der Waals surface area contributed by atoms with Crippen LogP contribution in [0.3, 0.4) is 0 Å². The number of nitrogens with one attached hydrogen (secondary N) is 2. The monoisotopic (exact) mass is 300 g/mol. The van der Waals surface area contributed by atoms with Gasteiger partial charge >= 0.3 is 0 Å². The molecule has 0 aliphatic carbocycles. The highest BCUT2D eigenvalue weighted by atomic mass is 35.5. The van der Waals surface area contributed by atoms with Crippen LogP contribution in [0.5, 0.6) is 0 Å². The molecular formula is C17H17ClN2O. The summed E-state index contributed by atoms with van der Waals surface area (Å²) >= 11 is 6.17. The van der Waals surface area contributed by atoms with Crippen LogP contribution in [0.1, 0.15) is 40.0 Å². The zero-order chi connectivity index (χ0) is 14.8. The standard InChI is InChI=1S/C17H17ClN2O/c1-11(15-4-2-3-5-16(15)18)20-17(21)12-6-7-13-9-19-10-14(13)8-12/h2-8,11,19H,9-10H2,1H3,(H,20,21). The van der Waals surface area contributed by atoms with E-state index < -0.39 is 0 Å². The first-order chi connectivity index (χ1) is 10.1. The summed E-state index contributed by atoms with van der Waals surface area (Å²) in [5, 5.41) is 6.95. The first-order valence-corrected chi connectivity index (χ1v) is 7.41. The van der Waals surface area contributed by atoms with Gasteiger partial charge in [0.25, 0.3) is 5.91 Å². The van der Waals surface area contributed by atoms with Crippen molar-refractivity contribution in [2.45, 2.75) is 26.1 Å². The normalized spacial score (nSPS) is 14.6. The summed E-state index contributed by atoms with van der Waals surface area (Å²) in [6.07, 6.45) is 0. The second-order valence-corrected chi connectivity index (χ2v) is 5.71. The number of hydrogen-bond acceptors (Lipinski definition) is 2. The fourth-order valence-corrected chi connectivity index (χ4v) is 2.92. The van der Waals surface area contributed by atoms with Crippen molar-refractivity contribution >= 4 is 17.5 Å². The van der Waals surface area contributed by atoms with E-state index in [0.717, 1.165) is 18.7 Å². The van der Waals surface area contributed by atoms with Gasteiger partial charge in [0.05, 0.1) is 6.04 Å². The average molecular weight is 301 g/mol. The highest BCUT2D eigenvalue weighted by molar-refractivity contribution is 6.31. The molecule has 4 heteroatoms. The quantitative estimate of drug-likeness (QED) is 0.912. The minimum atomic E-state index is -0.127. The third kappa shape index (κ3) is 2.94. The van der Waals surface area contributed by atoms with Crippen molar-refractivity contribution < 1.29 is 4.79 Å². The fraction of sp³-hybridized carbons (Fsp3) is 0.235. The fourth-order valence-electron chi connectivity index (χ4n) is 2.62. The second kappa shape index (κ2) is 5.88. The van der Waals surface area contributed by atoms with E-state index >= 15 is 0 Å². The van der Waals surface area contributed by atoms with E-state index in [1.165, 1.54) is 11.1 Å². The van der Waals surface area contributed by atoms with E-state index in [-0.39, 0.29) is 11.9 Å². The van der Waals surface area contributed by atoms with Crippen molar-refractivity contribution in [3.63, 3.8) is 0 Å². The Labute approximate surface area is 129 Å². The molecule has 0 radical (unpaired) electrons. The Bertz CT molecular complexity index is 684. The van der Waals surface area contributed by atoms with Gasteiger partial charge in [0.15, 0.2) is 0 Å². The van der Waals surface area contributed by atoms with E-state index in [1.54, 1.807) is 0 Å². The van der Waals surface area contributed by atoms with Crippen LogP contribution in [0.25, 0.3) is 0 Å². The molecule has 2 N–H and O–H groups in total. The molecule has 2 aromatic rings. The smallest absolute Gasteiger partial charge is 0.251 e. The number of halogens is 1. The molecule has 1 atom stereocenters. The van der Waals surface area contributed by atoms with Gasteiger partial charge in [-0.1, -0.05) is 35.9 Å². The van der Waals surface area contributed by atoms with Gasteiger partial charge in [-0.25, -0.2) is 0 Å². The van der Waals surface area contributed by atoms with E-state index in [1.807, 2.05) is 49.4 Å². The molecule has 3 rings (SSSR count). The summed E-state index contributed by atoms with van der Waals surface area (Å²) in [6.45, 7) is 3.65. The molecule has 1 aliphatic heterocycles. The highest BCUT2D eigenvalue weighted by Gasteiger charge is 2.16. The predicted molar refractivity (Wildman–Crippen MR) is 84.3 cm³/mol. The molecule has 0 saturated carbocycles. The predicted octanol–water partition coefficient (Wildman–Crippen LogP) is 3.43. The van der Waals surface area contributed by atoms with Crippen molar-refractivity contribution in [3.05, 3.63) is 69.7 Å². The summed E-state index contributed by atoms with van der Waals surface area (Å²) in [5.41, 5.74) is 4.09. The van der Waals surface area contributed by atoms with Crippen LogP contribution in [0.15, 0.2) is 42.5 Å². The first-order valence-electron chi connectivity index (χ1n) is 7.03. The molecule has 0 aromatic heterocycles. The Morgan fingerprint density at radius 2 is 1.95 bits per heavy atom. The zero-order valence-electron chi connectivity index (χ0n) is 11.8. The molecular weight excluding hydrogens is 284 g/mol. The summed E-state index contributed by atoms with van der Waals surface area (Å²) in [6, 6.07) is 13.3. The van der Waals surface area contributed by atoms with Crippen LogP contribution in [0.4, 0.5) is 0 Å². The largest absolute Gasteiger partial charge is 0.345 e. The number of fused-ring (bicyclic) bond motifs is 1. The maximum Gasteiger partial charge on any atom is 0.251 e. The number of hydrogen-bond donors (Lipinski definition) is 2. The molecule has 0 spiro atoms. The highest BCUT2D eigenvalue weighted by Crippen LogP contribution is 2.23. The Kier molecular flexibility index (Phi) is 3.95. The van der Waals surface area contributed by atoms with E-state index in [4.69, 9.17) is 11.6 Å². The maximum atomic E-state index is 12.4. The van der Waals surface area contributed by atoms with Gasteiger partial charge in [-0.05, 0) is 41.8 Å². The molecule has 1 unspecified atom stereocenters. The van der Waals surface area contributed by atoms with Crippen LogP contribution in [0.2, 0.25) is 5.02 Å². The number of carbonyl (C=O) groups is 1. The first kappa shape index (κ1) is 14.1. The topological polar surface area (TPSA) is 41.1 Å². The Morgan fingerprint density at radius 3 is 2.76 bits per heavy atom. The summed E-state index contributed by atoms with van der Waals surface area (Å²) < 4.78 is 0. The summed E-state index contributed by atoms with van der Waals surface area (Å²) in [7, 11) is 0. The average Bonchev–Trinajstić information content (AvgIpc) is 2.94. The lowest BCUT2D eigenvalue weighted by molar-refractivity contribution is 0.0940. The van der Waals surface area contributed by atoms with Gasteiger partial charge in [-0.2, -0.15) is 0 Å². The van der Waals surface area contributed by atoms with Crippen molar-refractivity contribution in [3.8, 4) is 0 Å². The van der Waals surface area contributed by atoms with Crippen LogP contribution in [-0.2, 0) is 13.1 Å². The van der Waals surface area contributed by atoms with Gasteiger partial charge in [-0.3, -0.25) is 4.79 Å². The van der Waals surface area contributed by atoms with Crippen LogP contribution in [0, 0.1) is 0 Å². The molecule has 0 bridgehead atoms. The number of benzene rings is 2. The van der Waals surface area contributed by atoms with Crippen LogP contribution < -0.4 is 10.6 Å². The summed E-state index contributed by atoms with van der Waals surface area (Å²) in [5.74, 6) is -0.0721. The third-order valence-corrected chi connectivity index (χ3v) is 4.16. The minimum absolute atomic E-state index is 0.0721. The molecule has 1 amide bonds. The zero-order valence-corrected chi connectivity index (χ0v) is 12.6. The van der Waals surface area contributed by atoms with Crippen molar-refractivity contribution in [2.75, 3.05) is 0 Å². The van der Waals surface area contributed by atoms with E-state index in [0.29, 0.717) is 10.6 Å². The molecule has 3 nitrogen and oxygen atoms in total. The molecule has 1 heterocycles.